The van der Waals surface area contributed by atoms with Crippen LogP contribution in [-0.2, 0) is 4.84 Å². The lowest BCUT2D eigenvalue weighted by atomic mass is 10.1. The maximum Gasteiger partial charge on any atom is 0.0705 e. The summed E-state index contributed by atoms with van der Waals surface area (Å²) in [6.07, 6.45) is 1.14. The van der Waals surface area contributed by atoms with Crippen molar-refractivity contribution in [1.29, 1.82) is 0 Å². The third kappa shape index (κ3) is 3.00. The predicted molar refractivity (Wildman–Crippen MR) is 68.4 cm³/mol. The molecule has 0 aromatic heterocycles. The van der Waals surface area contributed by atoms with Crippen molar-refractivity contribution >= 4 is 11.8 Å². The molecule has 2 rings (SSSR count). The summed E-state index contributed by atoms with van der Waals surface area (Å²) in [4.78, 5) is 6.92. The fourth-order valence-corrected chi connectivity index (χ4v) is 2.91. The average Bonchev–Trinajstić information content (AvgIpc) is 2.29. The van der Waals surface area contributed by atoms with E-state index < -0.39 is 0 Å². The average molecular weight is 237 g/mol. The van der Waals surface area contributed by atoms with Gasteiger partial charge in [0.05, 0.1) is 12.6 Å². The van der Waals surface area contributed by atoms with Gasteiger partial charge in [0.15, 0.2) is 0 Å². The summed E-state index contributed by atoms with van der Waals surface area (Å²) in [5.41, 5.74) is 4.57. The van der Waals surface area contributed by atoms with E-state index >= 15 is 0 Å². The molecule has 0 fully saturated rings. The van der Waals surface area contributed by atoms with E-state index in [4.69, 9.17) is 4.84 Å². The summed E-state index contributed by atoms with van der Waals surface area (Å²) in [6, 6.07) is 8.94. The molecule has 1 aromatic rings. The Labute approximate surface area is 102 Å². The minimum Gasteiger partial charge on any atom is -0.301 e. The number of hydrogen-bond donors (Lipinski definition) is 1. The van der Waals surface area contributed by atoms with Crippen LogP contribution >= 0.6 is 11.8 Å². The molecule has 0 spiro atoms. The van der Waals surface area contributed by atoms with Gasteiger partial charge in [-0.1, -0.05) is 32.0 Å². The van der Waals surface area contributed by atoms with E-state index in [1.165, 1.54) is 16.2 Å². The molecule has 1 N–H and O–H groups in total. The van der Waals surface area contributed by atoms with Gasteiger partial charge in [0, 0.05) is 4.90 Å². The molecule has 88 valence electrons. The zero-order valence-corrected chi connectivity index (χ0v) is 10.7. The highest BCUT2D eigenvalue weighted by atomic mass is 32.2. The van der Waals surface area contributed by atoms with E-state index in [9.17, 15) is 0 Å². The SMILES string of the molecule is CC(C)CONC1CCSc2ccccc21. The number of benzene rings is 1. The van der Waals surface area contributed by atoms with E-state index in [-0.39, 0.29) is 0 Å². The topological polar surface area (TPSA) is 21.3 Å². The normalized spacial score (nSPS) is 19.8. The second-order valence-electron chi connectivity index (χ2n) is 4.55. The molecule has 1 unspecified atom stereocenters. The number of nitrogens with one attached hydrogen (secondary N) is 1. The molecule has 1 aliphatic rings. The maximum atomic E-state index is 5.53. The Morgan fingerprint density at radius 3 is 3.06 bits per heavy atom. The third-order valence-electron chi connectivity index (χ3n) is 2.60. The van der Waals surface area contributed by atoms with Crippen LogP contribution in [0, 0.1) is 5.92 Å². The van der Waals surface area contributed by atoms with Gasteiger partial charge in [-0.05, 0) is 29.7 Å². The molecule has 1 heterocycles. The van der Waals surface area contributed by atoms with Crippen molar-refractivity contribution in [2.45, 2.75) is 31.2 Å². The Morgan fingerprint density at radius 2 is 2.25 bits per heavy atom. The molecule has 2 nitrogen and oxygen atoms in total. The van der Waals surface area contributed by atoms with Crippen molar-refractivity contribution in [2.24, 2.45) is 5.92 Å². The van der Waals surface area contributed by atoms with Crippen molar-refractivity contribution < 1.29 is 4.84 Å². The molecule has 1 atom stereocenters. The predicted octanol–water partition coefficient (Wildman–Crippen LogP) is 3.40. The number of thioether (sulfide) groups is 1. The van der Waals surface area contributed by atoms with Crippen molar-refractivity contribution in [3.63, 3.8) is 0 Å². The van der Waals surface area contributed by atoms with Gasteiger partial charge < -0.3 is 4.84 Å². The number of hydrogen-bond acceptors (Lipinski definition) is 3. The van der Waals surface area contributed by atoms with E-state index in [0.29, 0.717) is 12.0 Å². The molecule has 0 saturated heterocycles. The smallest absolute Gasteiger partial charge is 0.0705 e. The lowest BCUT2D eigenvalue weighted by molar-refractivity contribution is -0.00122. The van der Waals surface area contributed by atoms with Crippen LogP contribution in [0.5, 0.6) is 0 Å². The van der Waals surface area contributed by atoms with Gasteiger partial charge in [0.25, 0.3) is 0 Å². The molecular formula is C13H19NOS. The monoisotopic (exact) mass is 237 g/mol. The Hall–Kier alpha value is -0.510. The van der Waals surface area contributed by atoms with Crippen LogP contribution in [0.4, 0.5) is 0 Å². The summed E-state index contributed by atoms with van der Waals surface area (Å²) in [6.45, 7) is 5.09. The Balaban J connectivity index is 1.96. The van der Waals surface area contributed by atoms with E-state index in [2.05, 4.69) is 43.6 Å². The Bertz CT molecular complexity index is 340. The van der Waals surface area contributed by atoms with E-state index in [1.807, 2.05) is 11.8 Å². The van der Waals surface area contributed by atoms with Gasteiger partial charge in [-0.25, -0.2) is 0 Å². The summed E-state index contributed by atoms with van der Waals surface area (Å²) in [7, 11) is 0. The van der Waals surface area contributed by atoms with Gasteiger partial charge in [-0.2, -0.15) is 5.48 Å². The second kappa shape index (κ2) is 5.71. The standard InChI is InChI=1S/C13H19NOS/c1-10(2)9-15-14-12-7-8-16-13-6-4-3-5-11(12)13/h3-6,10,12,14H,7-9H2,1-2H3. The van der Waals surface area contributed by atoms with Gasteiger partial charge >= 0.3 is 0 Å². The number of fused-ring (bicyclic) bond motifs is 1. The van der Waals surface area contributed by atoms with Crippen LogP contribution in [0.25, 0.3) is 0 Å². The molecule has 1 aliphatic heterocycles. The van der Waals surface area contributed by atoms with E-state index in [0.717, 1.165) is 13.0 Å². The van der Waals surface area contributed by atoms with Crippen molar-refractivity contribution in [2.75, 3.05) is 12.4 Å². The van der Waals surface area contributed by atoms with Crippen molar-refractivity contribution in [1.82, 2.24) is 5.48 Å². The Morgan fingerprint density at radius 1 is 1.44 bits per heavy atom. The summed E-state index contributed by atoms with van der Waals surface area (Å²) < 4.78 is 0. The second-order valence-corrected chi connectivity index (χ2v) is 5.69. The maximum absolute atomic E-state index is 5.53. The number of hydroxylamine groups is 1. The molecule has 0 aliphatic carbocycles. The Kier molecular flexibility index (Phi) is 4.27. The summed E-state index contributed by atoms with van der Waals surface area (Å²) in [5, 5.41) is 0. The highest BCUT2D eigenvalue weighted by Gasteiger charge is 2.19. The molecule has 3 heteroatoms. The zero-order chi connectivity index (χ0) is 11.4. The first-order valence-electron chi connectivity index (χ1n) is 5.86. The first-order chi connectivity index (χ1) is 7.77. The van der Waals surface area contributed by atoms with Crippen LogP contribution in [-0.4, -0.2) is 12.4 Å². The quantitative estimate of drug-likeness (QED) is 0.811. The van der Waals surface area contributed by atoms with E-state index in [1.54, 1.807) is 0 Å². The zero-order valence-electron chi connectivity index (χ0n) is 9.90. The molecule has 0 amide bonds. The molecule has 0 bridgehead atoms. The third-order valence-corrected chi connectivity index (χ3v) is 3.72. The van der Waals surface area contributed by atoms with Crippen LogP contribution < -0.4 is 5.48 Å². The lowest BCUT2D eigenvalue weighted by Crippen LogP contribution is -2.26. The van der Waals surface area contributed by atoms with Gasteiger partial charge in [-0.3, -0.25) is 0 Å². The summed E-state index contributed by atoms with van der Waals surface area (Å²) in [5.74, 6) is 1.74. The lowest BCUT2D eigenvalue weighted by Gasteiger charge is -2.25. The molecule has 16 heavy (non-hydrogen) atoms. The van der Waals surface area contributed by atoms with Gasteiger partial charge in [0.1, 0.15) is 0 Å². The van der Waals surface area contributed by atoms with Gasteiger partial charge in [-0.15, -0.1) is 11.8 Å². The minimum atomic E-state index is 0.358. The van der Waals surface area contributed by atoms with Crippen LogP contribution in [0.1, 0.15) is 31.9 Å². The first kappa shape index (κ1) is 12.0. The fourth-order valence-electron chi connectivity index (χ4n) is 1.78. The van der Waals surface area contributed by atoms with Gasteiger partial charge in [0.2, 0.25) is 0 Å². The largest absolute Gasteiger partial charge is 0.301 e. The van der Waals surface area contributed by atoms with Crippen LogP contribution in [0.15, 0.2) is 29.2 Å². The van der Waals surface area contributed by atoms with Crippen molar-refractivity contribution in [3.05, 3.63) is 29.8 Å². The molecule has 1 aromatic carbocycles. The highest BCUT2D eigenvalue weighted by Crippen LogP contribution is 2.35. The molecular weight excluding hydrogens is 218 g/mol. The first-order valence-corrected chi connectivity index (χ1v) is 6.85. The van der Waals surface area contributed by atoms with Crippen LogP contribution in [0.3, 0.4) is 0 Å². The fraction of sp³-hybridized carbons (Fsp3) is 0.538. The summed E-state index contributed by atoms with van der Waals surface area (Å²) >= 11 is 1.94. The number of rotatable bonds is 4. The minimum absolute atomic E-state index is 0.358. The molecule has 0 radical (unpaired) electrons. The highest BCUT2D eigenvalue weighted by molar-refractivity contribution is 7.99. The van der Waals surface area contributed by atoms with Crippen molar-refractivity contribution in [3.8, 4) is 0 Å². The molecule has 0 saturated carbocycles. The van der Waals surface area contributed by atoms with Crippen LogP contribution in [0.2, 0.25) is 0 Å².